The first-order valence-electron chi connectivity index (χ1n) is 9.34. The molecule has 2 aromatic carbocycles. The lowest BCUT2D eigenvalue weighted by Crippen LogP contribution is -2.47. The average molecular weight is 437 g/mol. The SMILES string of the molecule is CC(Nc1ncnc2nc[nH]c12)C1=Nc2ccccc2S(=O)(=O)N1c1ccc(F)cc1. The number of amidine groups is 1. The number of benzene rings is 2. The number of hydrogen-bond donors (Lipinski definition) is 2. The summed E-state index contributed by atoms with van der Waals surface area (Å²) in [4.78, 5) is 20.1. The molecule has 9 nitrogen and oxygen atoms in total. The maximum Gasteiger partial charge on any atom is 0.271 e. The Morgan fingerprint density at radius 3 is 2.65 bits per heavy atom. The first-order chi connectivity index (χ1) is 14.9. The molecule has 0 bridgehead atoms. The molecule has 0 radical (unpaired) electrons. The number of fused-ring (bicyclic) bond motifs is 2. The van der Waals surface area contributed by atoms with E-state index in [4.69, 9.17) is 0 Å². The smallest absolute Gasteiger partial charge is 0.271 e. The molecule has 0 saturated carbocycles. The summed E-state index contributed by atoms with van der Waals surface area (Å²) in [6.45, 7) is 1.77. The van der Waals surface area contributed by atoms with Gasteiger partial charge in [0.1, 0.15) is 28.4 Å². The first-order valence-corrected chi connectivity index (χ1v) is 10.8. The van der Waals surface area contributed by atoms with Crippen molar-refractivity contribution in [1.82, 2.24) is 19.9 Å². The van der Waals surface area contributed by atoms with Gasteiger partial charge in [-0.05, 0) is 43.3 Å². The topological polar surface area (TPSA) is 116 Å². The number of halogens is 1. The van der Waals surface area contributed by atoms with Gasteiger partial charge in [-0.1, -0.05) is 12.1 Å². The Labute approximate surface area is 176 Å². The quantitative estimate of drug-likeness (QED) is 0.506. The zero-order valence-corrected chi connectivity index (χ0v) is 17.0. The van der Waals surface area contributed by atoms with E-state index in [0.29, 0.717) is 22.7 Å². The van der Waals surface area contributed by atoms with Crippen molar-refractivity contribution in [3.05, 3.63) is 67.0 Å². The Morgan fingerprint density at radius 1 is 1.06 bits per heavy atom. The van der Waals surface area contributed by atoms with E-state index in [0.717, 1.165) is 4.31 Å². The van der Waals surface area contributed by atoms with E-state index in [1.165, 1.54) is 43.0 Å². The summed E-state index contributed by atoms with van der Waals surface area (Å²) < 4.78 is 41.7. The van der Waals surface area contributed by atoms with Gasteiger partial charge in [-0.2, -0.15) is 0 Å². The summed E-state index contributed by atoms with van der Waals surface area (Å²) in [6, 6.07) is 11.1. The standard InChI is InChI=1S/C20H16FN7O2S/c1-12(26-19-17-18(23-10-22-17)24-11-25-19)20-27-15-4-2-3-5-16(15)31(29,30)28(20)14-8-6-13(21)7-9-14/h2-12H,1H3,(H2,22,23,24,25,26). The number of aliphatic imine (C=N–C) groups is 1. The molecule has 0 fully saturated rings. The number of imidazole rings is 1. The van der Waals surface area contributed by atoms with Crippen LogP contribution in [0.15, 0.2) is 71.1 Å². The minimum Gasteiger partial charge on any atom is -0.358 e. The monoisotopic (exact) mass is 437 g/mol. The van der Waals surface area contributed by atoms with Crippen LogP contribution in [0.1, 0.15) is 6.92 Å². The molecule has 156 valence electrons. The summed E-state index contributed by atoms with van der Waals surface area (Å²) in [7, 11) is -3.98. The number of H-pyrrole nitrogens is 1. The zero-order chi connectivity index (χ0) is 21.6. The number of rotatable bonds is 4. The van der Waals surface area contributed by atoms with Gasteiger partial charge < -0.3 is 10.3 Å². The molecule has 2 aromatic heterocycles. The van der Waals surface area contributed by atoms with E-state index in [1.807, 2.05) is 0 Å². The van der Waals surface area contributed by atoms with E-state index in [1.54, 1.807) is 25.1 Å². The second-order valence-corrected chi connectivity index (χ2v) is 8.63. The maximum atomic E-state index is 13.5. The molecule has 4 aromatic rings. The Hall–Kier alpha value is -3.86. The molecule has 2 N–H and O–H groups in total. The molecule has 1 aliphatic heterocycles. The molecular weight excluding hydrogens is 421 g/mol. The fraction of sp³-hybridized carbons (Fsp3) is 0.100. The van der Waals surface area contributed by atoms with Crippen LogP contribution >= 0.6 is 0 Å². The van der Waals surface area contributed by atoms with Crippen molar-refractivity contribution in [2.45, 2.75) is 17.9 Å². The van der Waals surface area contributed by atoms with Gasteiger partial charge >= 0.3 is 0 Å². The van der Waals surface area contributed by atoms with Gasteiger partial charge in [-0.15, -0.1) is 0 Å². The van der Waals surface area contributed by atoms with Crippen molar-refractivity contribution >= 4 is 44.2 Å². The molecule has 31 heavy (non-hydrogen) atoms. The fourth-order valence-corrected chi connectivity index (χ4v) is 5.09. The molecule has 0 spiro atoms. The van der Waals surface area contributed by atoms with Crippen LogP contribution in [-0.2, 0) is 10.0 Å². The van der Waals surface area contributed by atoms with E-state index in [9.17, 15) is 12.8 Å². The third-order valence-electron chi connectivity index (χ3n) is 4.85. The Bertz CT molecular complexity index is 1420. The van der Waals surface area contributed by atoms with Crippen molar-refractivity contribution in [2.24, 2.45) is 4.99 Å². The lowest BCUT2D eigenvalue weighted by atomic mass is 10.2. The van der Waals surface area contributed by atoms with Crippen LogP contribution in [0.25, 0.3) is 11.2 Å². The van der Waals surface area contributed by atoms with Crippen molar-refractivity contribution in [2.75, 3.05) is 9.62 Å². The predicted molar refractivity (Wildman–Crippen MR) is 114 cm³/mol. The molecule has 1 atom stereocenters. The largest absolute Gasteiger partial charge is 0.358 e. The molecule has 0 saturated heterocycles. The second-order valence-electron chi connectivity index (χ2n) is 6.87. The Balaban J connectivity index is 1.63. The highest BCUT2D eigenvalue weighted by Crippen LogP contribution is 2.36. The first kappa shape index (κ1) is 19.1. The van der Waals surface area contributed by atoms with Crippen LogP contribution < -0.4 is 9.62 Å². The van der Waals surface area contributed by atoms with E-state index in [2.05, 4.69) is 30.2 Å². The number of anilines is 2. The Morgan fingerprint density at radius 2 is 1.84 bits per heavy atom. The van der Waals surface area contributed by atoms with Crippen LogP contribution in [0.2, 0.25) is 0 Å². The van der Waals surface area contributed by atoms with Crippen LogP contribution in [0.5, 0.6) is 0 Å². The van der Waals surface area contributed by atoms with Crippen molar-refractivity contribution in [3.8, 4) is 0 Å². The lowest BCUT2D eigenvalue weighted by molar-refractivity contribution is 0.595. The Kier molecular flexibility index (Phi) is 4.40. The molecule has 3 heterocycles. The highest BCUT2D eigenvalue weighted by atomic mass is 32.2. The van der Waals surface area contributed by atoms with E-state index < -0.39 is 21.9 Å². The van der Waals surface area contributed by atoms with Gasteiger partial charge in [0, 0.05) is 0 Å². The minimum absolute atomic E-state index is 0.0771. The summed E-state index contributed by atoms with van der Waals surface area (Å²) in [5, 5.41) is 3.19. The van der Waals surface area contributed by atoms with Gasteiger partial charge in [0.25, 0.3) is 10.0 Å². The maximum absolute atomic E-state index is 13.5. The normalized spacial score (nSPS) is 15.9. The molecule has 1 unspecified atom stereocenters. The molecule has 0 amide bonds. The van der Waals surface area contributed by atoms with Crippen LogP contribution in [0.4, 0.5) is 21.6 Å². The van der Waals surface area contributed by atoms with Crippen LogP contribution in [-0.4, -0.2) is 40.2 Å². The average Bonchev–Trinajstić information content (AvgIpc) is 3.24. The van der Waals surface area contributed by atoms with Crippen molar-refractivity contribution in [1.29, 1.82) is 0 Å². The molecule has 5 rings (SSSR count). The molecule has 11 heteroatoms. The zero-order valence-electron chi connectivity index (χ0n) is 16.2. The molecule has 0 aliphatic carbocycles. The fourth-order valence-electron chi connectivity index (χ4n) is 3.42. The lowest BCUT2D eigenvalue weighted by Gasteiger charge is -2.33. The highest BCUT2D eigenvalue weighted by molar-refractivity contribution is 7.93. The molecule has 1 aliphatic rings. The van der Waals surface area contributed by atoms with E-state index >= 15 is 0 Å². The van der Waals surface area contributed by atoms with Gasteiger partial charge in [0.2, 0.25) is 0 Å². The summed E-state index contributed by atoms with van der Waals surface area (Å²) >= 11 is 0. The van der Waals surface area contributed by atoms with Gasteiger partial charge in [0.15, 0.2) is 11.5 Å². The van der Waals surface area contributed by atoms with Crippen molar-refractivity contribution in [3.63, 3.8) is 0 Å². The number of nitrogens with zero attached hydrogens (tertiary/aromatic N) is 5. The number of aromatic nitrogens is 4. The number of sulfonamides is 1. The number of hydrogen-bond acceptors (Lipinski definition) is 7. The molecular formula is C20H16FN7O2S. The van der Waals surface area contributed by atoms with E-state index in [-0.39, 0.29) is 16.4 Å². The third kappa shape index (κ3) is 3.19. The highest BCUT2D eigenvalue weighted by Gasteiger charge is 2.37. The summed E-state index contributed by atoms with van der Waals surface area (Å²) in [5.41, 5.74) is 1.67. The second kappa shape index (κ2) is 7.13. The minimum atomic E-state index is -3.98. The van der Waals surface area contributed by atoms with Gasteiger partial charge in [0.05, 0.1) is 23.7 Å². The van der Waals surface area contributed by atoms with Gasteiger partial charge in [-0.25, -0.2) is 37.1 Å². The van der Waals surface area contributed by atoms with Crippen LogP contribution in [0.3, 0.4) is 0 Å². The number of aromatic amines is 1. The number of para-hydroxylation sites is 1. The number of nitrogens with one attached hydrogen (secondary N) is 2. The predicted octanol–water partition coefficient (Wildman–Crippen LogP) is 3.23. The summed E-state index contributed by atoms with van der Waals surface area (Å²) in [5.74, 6) is 0.204. The third-order valence-corrected chi connectivity index (χ3v) is 6.63. The van der Waals surface area contributed by atoms with Crippen molar-refractivity contribution < 1.29 is 12.8 Å². The van der Waals surface area contributed by atoms with Crippen LogP contribution in [0, 0.1) is 5.82 Å². The summed E-state index contributed by atoms with van der Waals surface area (Å²) in [6.07, 6.45) is 2.86. The van der Waals surface area contributed by atoms with Gasteiger partial charge in [-0.3, -0.25) is 0 Å².